The van der Waals surface area contributed by atoms with Gasteiger partial charge >= 0.3 is 0 Å². The molecule has 0 saturated carbocycles. The van der Waals surface area contributed by atoms with E-state index in [1.807, 2.05) is 24.3 Å². The van der Waals surface area contributed by atoms with Crippen LogP contribution in [-0.2, 0) is 6.42 Å². The number of amides is 3. The normalized spacial score (nSPS) is 17.5. The summed E-state index contributed by atoms with van der Waals surface area (Å²) in [5, 5.41) is 0. The van der Waals surface area contributed by atoms with Gasteiger partial charge in [-0.05, 0) is 41.8 Å². The van der Waals surface area contributed by atoms with Crippen molar-refractivity contribution in [2.45, 2.75) is 12.5 Å². The molecule has 0 aliphatic carbocycles. The zero-order chi connectivity index (χ0) is 21.5. The fourth-order valence-corrected chi connectivity index (χ4v) is 4.46. The van der Waals surface area contributed by atoms with Crippen LogP contribution < -0.4 is 0 Å². The Morgan fingerprint density at radius 2 is 1.48 bits per heavy atom. The lowest BCUT2D eigenvalue weighted by Crippen LogP contribution is -2.46. The van der Waals surface area contributed by atoms with Crippen molar-refractivity contribution in [3.8, 4) is 0 Å². The molecule has 1 atom stereocenters. The quantitative estimate of drug-likeness (QED) is 0.612. The zero-order valence-corrected chi connectivity index (χ0v) is 16.6. The van der Waals surface area contributed by atoms with Gasteiger partial charge in [0.15, 0.2) is 0 Å². The minimum atomic E-state index is -0.592. The molecule has 0 radical (unpaired) electrons. The van der Waals surface area contributed by atoms with E-state index in [-0.39, 0.29) is 23.9 Å². The second-order valence-electron chi connectivity index (χ2n) is 7.71. The highest BCUT2D eigenvalue weighted by molar-refractivity contribution is 6.21. The van der Waals surface area contributed by atoms with Crippen LogP contribution in [0, 0.1) is 5.82 Å². The van der Waals surface area contributed by atoms with Crippen LogP contribution in [0.2, 0.25) is 0 Å². The maximum absolute atomic E-state index is 14.4. The molecule has 3 aromatic rings. The number of carbonyl (C=O) groups is 3. The summed E-state index contributed by atoms with van der Waals surface area (Å²) >= 11 is 0. The van der Waals surface area contributed by atoms with Gasteiger partial charge in [-0.1, -0.05) is 48.5 Å². The monoisotopic (exact) mass is 414 g/mol. The third-order valence-corrected chi connectivity index (χ3v) is 6.01. The molecule has 2 aliphatic rings. The van der Waals surface area contributed by atoms with Gasteiger partial charge in [0.2, 0.25) is 0 Å². The van der Waals surface area contributed by atoms with Crippen LogP contribution in [0.5, 0.6) is 0 Å². The number of benzene rings is 3. The van der Waals surface area contributed by atoms with Crippen molar-refractivity contribution in [1.29, 1.82) is 0 Å². The molecule has 3 aromatic carbocycles. The first kappa shape index (κ1) is 19.2. The molecule has 154 valence electrons. The first-order chi connectivity index (χ1) is 15.1. The van der Waals surface area contributed by atoms with Crippen molar-refractivity contribution in [2.24, 2.45) is 0 Å². The molecule has 0 aromatic heterocycles. The predicted octanol–water partition coefficient (Wildman–Crippen LogP) is 3.86. The second kappa shape index (κ2) is 7.47. The molecule has 31 heavy (non-hydrogen) atoms. The van der Waals surface area contributed by atoms with Crippen molar-refractivity contribution < 1.29 is 18.8 Å². The maximum atomic E-state index is 14.4. The van der Waals surface area contributed by atoms with Gasteiger partial charge in [-0.2, -0.15) is 0 Å². The molecule has 0 spiro atoms. The topological polar surface area (TPSA) is 57.7 Å². The lowest BCUT2D eigenvalue weighted by atomic mass is 9.91. The Hall–Kier alpha value is -3.80. The molecule has 2 aliphatic heterocycles. The third kappa shape index (κ3) is 3.11. The minimum Gasteiger partial charge on any atom is -0.329 e. The molecular formula is C25H19FN2O3. The molecule has 5 nitrogen and oxygen atoms in total. The van der Waals surface area contributed by atoms with Gasteiger partial charge < -0.3 is 4.90 Å². The maximum Gasteiger partial charge on any atom is 0.261 e. The van der Waals surface area contributed by atoms with E-state index in [9.17, 15) is 18.8 Å². The molecule has 0 saturated heterocycles. The molecule has 3 amide bonds. The number of imide groups is 1. The van der Waals surface area contributed by atoms with Crippen LogP contribution in [-0.4, -0.2) is 40.6 Å². The highest BCUT2D eigenvalue weighted by Gasteiger charge is 2.40. The van der Waals surface area contributed by atoms with Crippen molar-refractivity contribution >= 4 is 17.7 Å². The average Bonchev–Trinajstić information content (AvgIpc) is 3.04. The average molecular weight is 414 g/mol. The largest absolute Gasteiger partial charge is 0.329 e. The molecule has 2 heterocycles. The number of halogens is 1. The first-order valence-electron chi connectivity index (χ1n) is 10.1. The molecule has 0 bridgehead atoms. The van der Waals surface area contributed by atoms with E-state index in [2.05, 4.69) is 0 Å². The summed E-state index contributed by atoms with van der Waals surface area (Å²) in [5.74, 6) is -1.79. The smallest absolute Gasteiger partial charge is 0.261 e. The Labute approximate surface area is 178 Å². The van der Waals surface area contributed by atoms with Gasteiger partial charge in [-0.15, -0.1) is 0 Å². The Bertz CT molecular complexity index is 1190. The molecule has 0 fully saturated rings. The van der Waals surface area contributed by atoms with E-state index in [0.29, 0.717) is 24.1 Å². The van der Waals surface area contributed by atoms with E-state index < -0.39 is 17.8 Å². The number of hydrogen-bond acceptors (Lipinski definition) is 3. The van der Waals surface area contributed by atoms with Crippen molar-refractivity contribution in [3.05, 3.63) is 106 Å². The van der Waals surface area contributed by atoms with Crippen LogP contribution in [0.4, 0.5) is 4.39 Å². The van der Waals surface area contributed by atoms with Crippen LogP contribution >= 0.6 is 0 Å². The summed E-state index contributed by atoms with van der Waals surface area (Å²) in [5.41, 5.74) is 2.64. The van der Waals surface area contributed by atoms with Gasteiger partial charge in [-0.3, -0.25) is 19.3 Å². The summed E-state index contributed by atoms with van der Waals surface area (Å²) in [7, 11) is 0. The second-order valence-corrected chi connectivity index (χ2v) is 7.71. The van der Waals surface area contributed by atoms with E-state index >= 15 is 0 Å². The van der Waals surface area contributed by atoms with Crippen molar-refractivity contribution in [2.75, 3.05) is 13.1 Å². The summed E-state index contributed by atoms with van der Waals surface area (Å²) in [6, 6.07) is 19.7. The zero-order valence-electron chi connectivity index (χ0n) is 16.6. The molecule has 0 N–H and O–H groups in total. The van der Waals surface area contributed by atoms with Crippen LogP contribution in [0.1, 0.15) is 48.2 Å². The van der Waals surface area contributed by atoms with Crippen LogP contribution in [0.25, 0.3) is 0 Å². The summed E-state index contributed by atoms with van der Waals surface area (Å²) in [6.45, 7) is 0.390. The van der Waals surface area contributed by atoms with Crippen LogP contribution in [0.15, 0.2) is 72.8 Å². The molecule has 6 heteroatoms. The highest BCUT2D eigenvalue weighted by Crippen LogP contribution is 2.34. The van der Waals surface area contributed by atoms with Crippen molar-refractivity contribution in [3.63, 3.8) is 0 Å². The van der Waals surface area contributed by atoms with E-state index in [1.165, 1.54) is 23.1 Å². The third-order valence-electron chi connectivity index (χ3n) is 6.01. The van der Waals surface area contributed by atoms with Gasteiger partial charge in [-0.25, -0.2) is 4.39 Å². The predicted molar refractivity (Wildman–Crippen MR) is 112 cm³/mol. The first-order valence-corrected chi connectivity index (χ1v) is 10.1. The van der Waals surface area contributed by atoms with Gasteiger partial charge in [0.1, 0.15) is 5.82 Å². The van der Waals surface area contributed by atoms with E-state index in [1.54, 1.807) is 35.2 Å². The number of nitrogens with zero attached hydrogens (tertiary/aromatic N) is 2. The fraction of sp³-hybridized carbons (Fsp3) is 0.160. The van der Waals surface area contributed by atoms with Crippen molar-refractivity contribution in [1.82, 2.24) is 9.80 Å². The molecule has 5 rings (SSSR count). The summed E-state index contributed by atoms with van der Waals surface area (Å²) in [4.78, 5) is 41.9. The van der Waals surface area contributed by atoms with Gasteiger partial charge in [0.05, 0.1) is 29.3 Å². The number of hydrogen-bond donors (Lipinski definition) is 0. The Balaban J connectivity index is 1.53. The lowest BCUT2D eigenvalue weighted by molar-refractivity contribution is 0.0500. The van der Waals surface area contributed by atoms with E-state index in [0.717, 1.165) is 11.1 Å². The Kier molecular flexibility index (Phi) is 4.62. The fourth-order valence-electron chi connectivity index (χ4n) is 4.46. The van der Waals surface area contributed by atoms with Crippen LogP contribution in [0.3, 0.4) is 0 Å². The number of rotatable bonds is 3. The van der Waals surface area contributed by atoms with Gasteiger partial charge in [0.25, 0.3) is 17.7 Å². The van der Waals surface area contributed by atoms with E-state index in [4.69, 9.17) is 0 Å². The molecule has 1 unspecified atom stereocenters. The molecular weight excluding hydrogens is 395 g/mol. The van der Waals surface area contributed by atoms with Gasteiger partial charge in [0, 0.05) is 6.54 Å². The summed E-state index contributed by atoms with van der Waals surface area (Å²) in [6.07, 6.45) is 0.620. The standard InChI is InChI=1S/C25H19FN2O3/c26-21-12-6-5-11-20(21)25(31)27-14-13-16-7-1-2-8-17(16)22(27)15-28-23(29)18-9-3-4-10-19(18)24(28)30/h1-12,22H,13-15H2. The summed E-state index contributed by atoms with van der Waals surface area (Å²) < 4.78 is 14.4. The Morgan fingerprint density at radius 3 is 2.19 bits per heavy atom. The Morgan fingerprint density at radius 1 is 0.871 bits per heavy atom. The number of fused-ring (bicyclic) bond motifs is 2. The highest BCUT2D eigenvalue weighted by atomic mass is 19.1. The number of carbonyl (C=O) groups excluding carboxylic acids is 3. The lowest BCUT2D eigenvalue weighted by Gasteiger charge is -2.39. The SMILES string of the molecule is O=C1c2ccccc2C(=O)N1CC1c2ccccc2CCN1C(=O)c1ccccc1F. The minimum absolute atomic E-state index is 0.0174.